The Morgan fingerprint density at radius 1 is 1.14 bits per heavy atom. The molecule has 0 bridgehead atoms. The second kappa shape index (κ2) is 7.20. The highest BCUT2D eigenvalue weighted by Crippen LogP contribution is 2.43. The minimum absolute atomic E-state index is 0.0683. The fourth-order valence-corrected chi connectivity index (χ4v) is 3.81. The van der Waals surface area contributed by atoms with Crippen molar-refractivity contribution in [1.29, 1.82) is 0 Å². The van der Waals surface area contributed by atoms with Crippen LogP contribution in [0.3, 0.4) is 0 Å². The monoisotopic (exact) mass is 390 g/mol. The van der Waals surface area contributed by atoms with Crippen LogP contribution >= 0.6 is 0 Å². The molecular formula is C23H22N2O4. The van der Waals surface area contributed by atoms with E-state index in [9.17, 15) is 14.4 Å². The summed E-state index contributed by atoms with van der Waals surface area (Å²) in [6.45, 7) is 3.47. The number of hydrogen-bond acceptors (Lipinski definition) is 4. The number of pyridine rings is 2. The highest BCUT2D eigenvalue weighted by molar-refractivity contribution is 5.91. The van der Waals surface area contributed by atoms with E-state index < -0.39 is 5.97 Å². The zero-order valence-electron chi connectivity index (χ0n) is 16.6. The number of rotatable bonds is 4. The fraction of sp³-hybridized carbons (Fsp3) is 0.261. The zero-order valence-corrected chi connectivity index (χ0v) is 16.6. The number of aryl methyl sites for hydroxylation is 1. The van der Waals surface area contributed by atoms with Crippen molar-refractivity contribution < 1.29 is 14.3 Å². The molecule has 1 aliphatic carbocycles. The molecule has 1 saturated carbocycles. The van der Waals surface area contributed by atoms with Crippen molar-refractivity contribution in [2.45, 2.75) is 32.6 Å². The standard InChI is InChI=1S/C23H22N2O4/c1-13-18(15-6-8-17(9-7-15)24-14(2)26)10-11-25-21(13)19(16-4-5-16)12-20(22(25)27)23(28)29-3/h6-12,16H,4-5H2,1-3H3,(H,24,26). The smallest absolute Gasteiger partial charge is 0.343 e. The SMILES string of the molecule is COC(=O)c1cc(C2CC2)c2c(C)c(-c3ccc(NC(C)=O)cc3)ccn2c1=O. The summed E-state index contributed by atoms with van der Waals surface area (Å²) in [6.07, 6.45) is 3.81. The topological polar surface area (TPSA) is 76.9 Å². The van der Waals surface area contributed by atoms with Gasteiger partial charge in [-0.2, -0.15) is 0 Å². The number of benzene rings is 1. The number of nitrogens with zero attached hydrogens (tertiary/aromatic N) is 1. The largest absolute Gasteiger partial charge is 0.465 e. The third-order valence-electron chi connectivity index (χ3n) is 5.35. The molecule has 0 saturated heterocycles. The lowest BCUT2D eigenvalue weighted by Crippen LogP contribution is -2.24. The van der Waals surface area contributed by atoms with E-state index in [0.29, 0.717) is 5.92 Å². The van der Waals surface area contributed by atoms with Crippen LogP contribution in [0.25, 0.3) is 16.6 Å². The number of amides is 1. The van der Waals surface area contributed by atoms with E-state index in [2.05, 4.69) is 5.32 Å². The lowest BCUT2D eigenvalue weighted by Gasteiger charge is -2.16. The molecule has 148 valence electrons. The highest BCUT2D eigenvalue weighted by Gasteiger charge is 2.29. The van der Waals surface area contributed by atoms with E-state index in [-0.39, 0.29) is 17.0 Å². The van der Waals surface area contributed by atoms with Gasteiger partial charge in [-0.05, 0) is 72.2 Å². The van der Waals surface area contributed by atoms with E-state index in [1.807, 2.05) is 37.3 Å². The molecule has 6 nitrogen and oxygen atoms in total. The predicted molar refractivity (Wildman–Crippen MR) is 111 cm³/mol. The molecule has 0 radical (unpaired) electrons. The van der Waals surface area contributed by atoms with Crippen molar-refractivity contribution >= 4 is 23.1 Å². The van der Waals surface area contributed by atoms with E-state index in [1.54, 1.807) is 16.7 Å². The number of methoxy groups -OCH3 is 1. The maximum absolute atomic E-state index is 12.9. The van der Waals surface area contributed by atoms with Crippen LogP contribution in [0.4, 0.5) is 5.69 Å². The van der Waals surface area contributed by atoms with Gasteiger partial charge in [-0.15, -0.1) is 0 Å². The van der Waals surface area contributed by atoms with Crippen molar-refractivity contribution in [2.24, 2.45) is 0 Å². The first-order valence-corrected chi connectivity index (χ1v) is 9.56. The second-order valence-electron chi connectivity index (χ2n) is 7.42. The Labute approximate surface area is 168 Å². The third-order valence-corrected chi connectivity index (χ3v) is 5.35. The van der Waals surface area contributed by atoms with Gasteiger partial charge in [0.05, 0.1) is 12.6 Å². The number of ether oxygens (including phenoxy) is 1. The van der Waals surface area contributed by atoms with E-state index in [1.165, 1.54) is 14.0 Å². The number of fused-ring (bicyclic) bond motifs is 1. The third kappa shape index (κ3) is 3.42. The number of nitrogens with one attached hydrogen (secondary N) is 1. The van der Waals surface area contributed by atoms with Crippen molar-refractivity contribution in [1.82, 2.24) is 4.40 Å². The molecule has 1 N–H and O–H groups in total. The van der Waals surface area contributed by atoms with Crippen LogP contribution in [0.2, 0.25) is 0 Å². The Kier molecular flexibility index (Phi) is 4.70. The molecule has 2 heterocycles. The summed E-state index contributed by atoms with van der Waals surface area (Å²) < 4.78 is 6.36. The summed E-state index contributed by atoms with van der Waals surface area (Å²) in [4.78, 5) is 36.2. The summed E-state index contributed by atoms with van der Waals surface area (Å²) in [5.74, 6) is -0.374. The maximum Gasteiger partial charge on any atom is 0.343 e. The van der Waals surface area contributed by atoms with Gasteiger partial charge in [0.15, 0.2) is 0 Å². The van der Waals surface area contributed by atoms with Gasteiger partial charge in [0.1, 0.15) is 5.56 Å². The summed E-state index contributed by atoms with van der Waals surface area (Å²) in [7, 11) is 1.28. The van der Waals surface area contributed by atoms with Gasteiger partial charge in [-0.1, -0.05) is 12.1 Å². The van der Waals surface area contributed by atoms with Crippen molar-refractivity contribution in [3.8, 4) is 11.1 Å². The quantitative estimate of drug-likeness (QED) is 0.686. The molecule has 0 spiro atoms. The minimum atomic E-state index is -0.610. The molecule has 29 heavy (non-hydrogen) atoms. The van der Waals surface area contributed by atoms with Gasteiger partial charge in [-0.25, -0.2) is 4.79 Å². The summed E-state index contributed by atoms with van der Waals surface area (Å²) in [5, 5.41) is 2.76. The Balaban J connectivity index is 1.89. The van der Waals surface area contributed by atoms with E-state index in [4.69, 9.17) is 4.74 Å². The Morgan fingerprint density at radius 3 is 2.41 bits per heavy atom. The molecule has 1 fully saturated rings. The molecular weight excluding hydrogens is 368 g/mol. The molecule has 2 aromatic heterocycles. The first-order chi connectivity index (χ1) is 13.9. The number of aromatic nitrogens is 1. The van der Waals surface area contributed by atoms with Crippen LogP contribution in [0, 0.1) is 6.92 Å². The predicted octanol–water partition coefficient (Wildman–Crippen LogP) is 3.90. The molecule has 6 heteroatoms. The zero-order chi connectivity index (χ0) is 20.7. The van der Waals surface area contributed by atoms with Gasteiger partial charge in [0.25, 0.3) is 5.56 Å². The van der Waals surface area contributed by atoms with E-state index >= 15 is 0 Å². The van der Waals surface area contributed by atoms with Crippen LogP contribution < -0.4 is 10.9 Å². The highest BCUT2D eigenvalue weighted by atomic mass is 16.5. The lowest BCUT2D eigenvalue weighted by molar-refractivity contribution is -0.114. The molecule has 1 amide bonds. The fourth-order valence-electron chi connectivity index (χ4n) is 3.81. The van der Waals surface area contributed by atoms with Crippen LogP contribution in [-0.2, 0) is 9.53 Å². The number of hydrogen-bond donors (Lipinski definition) is 1. The molecule has 0 atom stereocenters. The van der Waals surface area contributed by atoms with Gasteiger partial charge < -0.3 is 10.1 Å². The van der Waals surface area contributed by atoms with Crippen molar-refractivity contribution in [2.75, 3.05) is 12.4 Å². The van der Waals surface area contributed by atoms with Crippen molar-refractivity contribution in [3.05, 3.63) is 69.6 Å². The van der Waals surface area contributed by atoms with Crippen LogP contribution in [0.1, 0.15) is 47.2 Å². The summed E-state index contributed by atoms with van der Waals surface area (Å²) in [6, 6.07) is 11.2. The van der Waals surface area contributed by atoms with Crippen LogP contribution in [-0.4, -0.2) is 23.4 Å². The number of carbonyl (C=O) groups is 2. The van der Waals surface area contributed by atoms with Gasteiger partial charge in [0.2, 0.25) is 5.91 Å². The molecule has 4 rings (SSSR count). The number of esters is 1. The average Bonchev–Trinajstić information content (AvgIpc) is 3.54. The Hall–Kier alpha value is -3.41. The molecule has 0 aliphatic heterocycles. The van der Waals surface area contributed by atoms with Gasteiger partial charge in [-0.3, -0.25) is 14.0 Å². The van der Waals surface area contributed by atoms with Crippen molar-refractivity contribution in [3.63, 3.8) is 0 Å². The first kappa shape index (κ1) is 18.9. The number of carbonyl (C=O) groups excluding carboxylic acids is 2. The molecule has 3 aromatic rings. The molecule has 1 aromatic carbocycles. The maximum atomic E-state index is 12.9. The normalized spacial score (nSPS) is 13.3. The van der Waals surface area contributed by atoms with Gasteiger partial charge in [0, 0.05) is 18.8 Å². The Bertz CT molecular complexity index is 1190. The van der Waals surface area contributed by atoms with Crippen LogP contribution in [0.5, 0.6) is 0 Å². The Morgan fingerprint density at radius 2 is 1.83 bits per heavy atom. The first-order valence-electron chi connectivity index (χ1n) is 9.56. The minimum Gasteiger partial charge on any atom is -0.465 e. The summed E-state index contributed by atoms with van der Waals surface area (Å²) >= 11 is 0. The molecule has 1 aliphatic rings. The van der Waals surface area contributed by atoms with E-state index in [0.717, 1.165) is 46.3 Å². The summed E-state index contributed by atoms with van der Waals surface area (Å²) in [5.41, 5.74) is 5.28. The average molecular weight is 390 g/mol. The van der Waals surface area contributed by atoms with Gasteiger partial charge >= 0.3 is 5.97 Å². The van der Waals surface area contributed by atoms with Crippen LogP contribution in [0.15, 0.2) is 47.4 Å². The lowest BCUT2D eigenvalue weighted by atomic mass is 9.96. The molecule has 0 unspecified atom stereocenters. The number of anilines is 1. The second-order valence-corrected chi connectivity index (χ2v) is 7.42.